The first-order chi connectivity index (χ1) is 11.2. The van der Waals surface area contributed by atoms with Gasteiger partial charge in [0.25, 0.3) is 0 Å². The molecule has 1 unspecified atom stereocenters. The van der Waals surface area contributed by atoms with Crippen LogP contribution in [-0.4, -0.2) is 32.2 Å². The van der Waals surface area contributed by atoms with Crippen molar-refractivity contribution in [2.24, 2.45) is 5.92 Å². The van der Waals surface area contributed by atoms with Gasteiger partial charge in [-0.25, -0.2) is 4.98 Å². The van der Waals surface area contributed by atoms with Crippen molar-refractivity contribution < 1.29 is 13.9 Å². The van der Waals surface area contributed by atoms with E-state index in [1.54, 1.807) is 0 Å². The minimum atomic E-state index is -2.60. The monoisotopic (exact) mass is 321 g/mol. The van der Waals surface area contributed by atoms with Crippen molar-refractivity contribution >= 4 is 0 Å². The van der Waals surface area contributed by atoms with Crippen molar-refractivity contribution in [2.75, 3.05) is 6.61 Å². The Bertz CT molecular complexity index is 613. The highest BCUT2D eigenvalue weighted by atomic mass is 19.3. The molecule has 3 rings (SSSR count). The lowest BCUT2D eigenvalue weighted by Crippen LogP contribution is -2.39. The third-order valence-electron chi connectivity index (χ3n) is 4.35. The second kappa shape index (κ2) is 7.19. The maximum absolute atomic E-state index is 13.0. The molecule has 0 aliphatic heterocycles. The summed E-state index contributed by atoms with van der Waals surface area (Å²) < 4.78 is 27.0. The second-order valence-corrected chi connectivity index (χ2v) is 6.01. The van der Waals surface area contributed by atoms with Gasteiger partial charge in [0.05, 0.1) is 13.2 Å². The number of aliphatic hydroxyl groups is 1. The van der Waals surface area contributed by atoms with E-state index in [1.807, 2.05) is 30.3 Å². The van der Waals surface area contributed by atoms with E-state index in [-0.39, 0.29) is 12.6 Å². The van der Waals surface area contributed by atoms with Gasteiger partial charge in [-0.3, -0.25) is 9.47 Å². The predicted molar refractivity (Wildman–Crippen MR) is 82.8 cm³/mol. The van der Waals surface area contributed by atoms with Crippen molar-refractivity contribution in [3.8, 4) is 0 Å². The fraction of sp³-hybridized carbons (Fsp3) is 0.471. The van der Waals surface area contributed by atoms with Crippen LogP contribution in [-0.2, 0) is 13.1 Å². The largest absolute Gasteiger partial charge is 0.395 e. The summed E-state index contributed by atoms with van der Waals surface area (Å²) in [5.74, 6) is 0.772. The smallest absolute Gasteiger partial charge is 0.319 e. The zero-order valence-corrected chi connectivity index (χ0v) is 12.9. The Morgan fingerprint density at radius 2 is 1.96 bits per heavy atom. The summed E-state index contributed by atoms with van der Waals surface area (Å²) in [6.07, 6.45) is 4.86. The molecular formula is C17H21F2N3O. The van der Waals surface area contributed by atoms with Gasteiger partial charge < -0.3 is 5.11 Å². The minimum Gasteiger partial charge on any atom is -0.395 e. The van der Waals surface area contributed by atoms with E-state index >= 15 is 0 Å². The van der Waals surface area contributed by atoms with Crippen molar-refractivity contribution in [3.05, 3.63) is 54.1 Å². The number of aliphatic hydroxyl groups excluding tert-OH is 1. The number of benzene rings is 1. The first-order valence-corrected chi connectivity index (χ1v) is 7.87. The van der Waals surface area contributed by atoms with Gasteiger partial charge in [0.2, 0.25) is 0 Å². The van der Waals surface area contributed by atoms with Crippen molar-refractivity contribution in [2.45, 2.75) is 38.5 Å². The average Bonchev–Trinajstić information content (AvgIpc) is 3.26. The van der Waals surface area contributed by atoms with E-state index in [1.165, 1.54) is 12.4 Å². The number of aromatic nitrogens is 2. The molecule has 0 radical (unpaired) electrons. The summed E-state index contributed by atoms with van der Waals surface area (Å²) in [5, 5.41) is 9.77. The first kappa shape index (κ1) is 16.1. The number of hydrogen-bond acceptors (Lipinski definition) is 3. The van der Waals surface area contributed by atoms with Gasteiger partial charge in [-0.05, 0) is 24.3 Å². The van der Waals surface area contributed by atoms with Crippen LogP contribution in [0.2, 0.25) is 0 Å². The molecule has 0 spiro atoms. The Labute approximate surface area is 134 Å². The van der Waals surface area contributed by atoms with Gasteiger partial charge in [-0.1, -0.05) is 30.3 Å². The number of nitrogens with zero attached hydrogens (tertiary/aromatic N) is 3. The van der Waals surface area contributed by atoms with Gasteiger partial charge in [0.1, 0.15) is 5.82 Å². The van der Waals surface area contributed by atoms with E-state index in [9.17, 15) is 13.9 Å². The van der Waals surface area contributed by atoms with Crippen LogP contribution in [0, 0.1) is 5.92 Å². The molecule has 4 nitrogen and oxygen atoms in total. The third-order valence-corrected chi connectivity index (χ3v) is 4.35. The zero-order valence-electron chi connectivity index (χ0n) is 12.9. The van der Waals surface area contributed by atoms with Crippen LogP contribution in [0.25, 0.3) is 0 Å². The maximum atomic E-state index is 13.0. The second-order valence-electron chi connectivity index (χ2n) is 6.01. The van der Waals surface area contributed by atoms with E-state index < -0.39 is 6.55 Å². The van der Waals surface area contributed by atoms with Crippen molar-refractivity contribution in [1.29, 1.82) is 0 Å². The number of imidazole rings is 1. The van der Waals surface area contributed by atoms with E-state index in [0.717, 1.165) is 23.0 Å². The van der Waals surface area contributed by atoms with Crippen LogP contribution in [0.4, 0.5) is 8.78 Å². The molecule has 124 valence electrons. The van der Waals surface area contributed by atoms with Crippen LogP contribution in [0.3, 0.4) is 0 Å². The number of hydrogen-bond donors (Lipinski definition) is 1. The summed E-state index contributed by atoms with van der Waals surface area (Å²) in [5.41, 5.74) is 1.10. The number of alkyl halides is 2. The molecule has 1 aliphatic rings. The molecule has 1 fully saturated rings. The molecule has 1 atom stereocenters. The summed E-state index contributed by atoms with van der Waals surface area (Å²) in [7, 11) is 0. The SMILES string of the molecule is OCC(C1CC1)N(Cc1ccccc1)Cc1nccn1C(F)F. The maximum Gasteiger partial charge on any atom is 0.319 e. The Balaban J connectivity index is 1.80. The van der Waals surface area contributed by atoms with Gasteiger partial charge >= 0.3 is 6.55 Å². The molecule has 1 aromatic heterocycles. The molecule has 1 aromatic carbocycles. The molecule has 1 saturated carbocycles. The third kappa shape index (κ3) is 3.95. The number of halogens is 2. The Morgan fingerprint density at radius 1 is 1.22 bits per heavy atom. The molecule has 23 heavy (non-hydrogen) atoms. The lowest BCUT2D eigenvalue weighted by molar-refractivity contribution is 0.0549. The molecular weight excluding hydrogens is 300 g/mol. The van der Waals surface area contributed by atoms with E-state index in [0.29, 0.717) is 24.8 Å². The topological polar surface area (TPSA) is 41.3 Å². The van der Waals surface area contributed by atoms with Gasteiger partial charge in [-0.15, -0.1) is 0 Å². The fourth-order valence-corrected chi connectivity index (χ4v) is 2.98. The molecule has 1 heterocycles. The minimum absolute atomic E-state index is 0.0157. The quantitative estimate of drug-likeness (QED) is 0.812. The lowest BCUT2D eigenvalue weighted by atomic mass is 10.1. The lowest BCUT2D eigenvalue weighted by Gasteiger charge is -2.30. The normalized spacial score (nSPS) is 16.2. The summed E-state index contributed by atoms with van der Waals surface area (Å²) in [6, 6.07) is 9.86. The average molecular weight is 321 g/mol. The van der Waals surface area contributed by atoms with Gasteiger partial charge in [0, 0.05) is 25.0 Å². The van der Waals surface area contributed by atoms with E-state index in [2.05, 4.69) is 9.88 Å². The van der Waals surface area contributed by atoms with Gasteiger partial charge in [-0.2, -0.15) is 8.78 Å². The summed E-state index contributed by atoms with van der Waals surface area (Å²) >= 11 is 0. The summed E-state index contributed by atoms with van der Waals surface area (Å²) in [6.45, 7) is -1.65. The molecule has 1 aliphatic carbocycles. The fourth-order valence-electron chi connectivity index (χ4n) is 2.98. The highest BCUT2D eigenvalue weighted by molar-refractivity contribution is 5.15. The molecule has 0 saturated heterocycles. The molecule has 2 aromatic rings. The van der Waals surface area contributed by atoms with Crippen molar-refractivity contribution in [1.82, 2.24) is 14.5 Å². The van der Waals surface area contributed by atoms with Crippen LogP contribution in [0.1, 0.15) is 30.8 Å². The van der Waals surface area contributed by atoms with Crippen LogP contribution < -0.4 is 0 Å². The van der Waals surface area contributed by atoms with E-state index in [4.69, 9.17) is 0 Å². The molecule has 0 bridgehead atoms. The van der Waals surface area contributed by atoms with Crippen LogP contribution in [0.15, 0.2) is 42.7 Å². The standard InChI is InChI=1S/C17H21F2N3O/c18-17(19)22-9-8-20-16(22)11-21(15(12-23)14-6-7-14)10-13-4-2-1-3-5-13/h1-5,8-9,14-15,17,23H,6-7,10-12H2. The van der Waals surface area contributed by atoms with Crippen LogP contribution in [0.5, 0.6) is 0 Å². The Kier molecular flexibility index (Phi) is 5.03. The summed E-state index contributed by atoms with van der Waals surface area (Å²) in [4.78, 5) is 6.14. The predicted octanol–water partition coefficient (Wildman–Crippen LogP) is 3.05. The first-order valence-electron chi connectivity index (χ1n) is 7.87. The number of rotatable bonds is 8. The highest BCUT2D eigenvalue weighted by Crippen LogP contribution is 2.36. The van der Waals surface area contributed by atoms with Crippen LogP contribution >= 0.6 is 0 Å². The van der Waals surface area contributed by atoms with Gasteiger partial charge in [0.15, 0.2) is 0 Å². The highest BCUT2D eigenvalue weighted by Gasteiger charge is 2.35. The van der Waals surface area contributed by atoms with Crippen molar-refractivity contribution in [3.63, 3.8) is 0 Å². The molecule has 6 heteroatoms. The molecule has 1 N–H and O–H groups in total. The zero-order chi connectivity index (χ0) is 16.2. The Hall–Kier alpha value is -1.79. The molecule has 0 amide bonds. The Morgan fingerprint density at radius 3 is 2.57 bits per heavy atom.